The van der Waals surface area contributed by atoms with Crippen molar-refractivity contribution in [3.8, 4) is 5.75 Å². The van der Waals surface area contributed by atoms with Crippen LogP contribution in [-0.4, -0.2) is 18.7 Å². The first kappa shape index (κ1) is 17.7. The number of aryl methyl sites for hydroxylation is 1. The maximum absolute atomic E-state index is 13.0. The minimum Gasteiger partial charge on any atom is -0.484 e. The van der Waals surface area contributed by atoms with Crippen molar-refractivity contribution in [1.29, 1.82) is 0 Å². The average Bonchev–Trinajstić information content (AvgIpc) is 2.53. The van der Waals surface area contributed by atoms with Gasteiger partial charge in [-0.1, -0.05) is 32.0 Å². The van der Waals surface area contributed by atoms with Crippen LogP contribution in [0.3, 0.4) is 0 Å². The number of nitrogens with one attached hydrogen (secondary N) is 1. The van der Waals surface area contributed by atoms with Crippen LogP contribution in [0.5, 0.6) is 5.75 Å². The van der Waals surface area contributed by atoms with Gasteiger partial charge in [-0.05, 0) is 53.8 Å². The van der Waals surface area contributed by atoms with Gasteiger partial charge in [0.05, 0.1) is 6.21 Å². The Balaban J connectivity index is 1.84. The Bertz CT molecular complexity index is 742. The van der Waals surface area contributed by atoms with Crippen molar-refractivity contribution in [2.24, 2.45) is 5.10 Å². The molecule has 1 amide bonds. The minimum absolute atomic E-state index is 0.138. The van der Waals surface area contributed by atoms with E-state index in [2.05, 4.69) is 24.4 Å². The monoisotopic (exact) mass is 328 g/mol. The molecule has 0 aliphatic carbocycles. The third-order valence-corrected chi connectivity index (χ3v) is 3.48. The molecule has 0 unspecified atom stereocenters. The summed E-state index contributed by atoms with van der Waals surface area (Å²) in [5, 5.41) is 3.78. The third kappa shape index (κ3) is 5.19. The van der Waals surface area contributed by atoms with Gasteiger partial charge in [-0.2, -0.15) is 5.10 Å². The summed E-state index contributed by atoms with van der Waals surface area (Å²) in [5.41, 5.74) is 5.30. The molecule has 5 heteroatoms. The summed E-state index contributed by atoms with van der Waals surface area (Å²) in [4.78, 5) is 11.7. The molecule has 2 aromatic rings. The van der Waals surface area contributed by atoms with Crippen LogP contribution in [0.4, 0.5) is 4.39 Å². The number of hydrogen-bond donors (Lipinski definition) is 1. The van der Waals surface area contributed by atoms with E-state index in [1.165, 1.54) is 23.9 Å². The maximum atomic E-state index is 13.0. The quantitative estimate of drug-likeness (QED) is 0.648. The summed E-state index contributed by atoms with van der Waals surface area (Å²) in [7, 11) is 0. The SMILES string of the molecule is Cc1cc(OCC(=O)N/N=C/c2cccc(F)c2)ccc1C(C)C. The molecule has 2 rings (SSSR count). The van der Waals surface area contributed by atoms with Gasteiger partial charge in [-0.15, -0.1) is 0 Å². The van der Waals surface area contributed by atoms with E-state index in [1.807, 2.05) is 25.1 Å². The van der Waals surface area contributed by atoms with Crippen LogP contribution >= 0.6 is 0 Å². The van der Waals surface area contributed by atoms with Crippen molar-refractivity contribution in [3.63, 3.8) is 0 Å². The number of ether oxygens (including phenoxy) is 1. The summed E-state index contributed by atoms with van der Waals surface area (Å²) in [6, 6.07) is 11.7. The molecule has 0 saturated heterocycles. The molecule has 1 N–H and O–H groups in total. The first-order chi connectivity index (χ1) is 11.5. The van der Waals surface area contributed by atoms with Crippen molar-refractivity contribution < 1.29 is 13.9 Å². The smallest absolute Gasteiger partial charge is 0.277 e. The average molecular weight is 328 g/mol. The molecular formula is C19H21FN2O2. The first-order valence-electron chi connectivity index (χ1n) is 7.76. The molecule has 0 aliphatic heterocycles. The molecule has 2 aromatic carbocycles. The van der Waals surface area contributed by atoms with Crippen LogP contribution in [0, 0.1) is 12.7 Å². The van der Waals surface area contributed by atoms with Crippen molar-refractivity contribution >= 4 is 12.1 Å². The van der Waals surface area contributed by atoms with Crippen LogP contribution in [0.1, 0.15) is 36.5 Å². The molecule has 0 aliphatic rings. The lowest BCUT2D eigenvalue weighted by molar-refractivity contribution is -0.123. The van der Waals surface area contributed by atoms with E-state index in [0.29, 0.717) is 17.2 Å². The number of nitrogens with zero attached hydrogens (tertiary/aromatic N) is 1. The number of amides is 1. The number of carbonyl (C=O) groups is 1. The van der Waals surface area contributed by atoms with Crippen molar-refractivity contribution in [3.05, 3.63) is 65.0 Å². The minimum atomic E-state index is -0.381. The Hall–Kier alpha value is -2.69. The van der Waals surface area contributed by atoms with Crippen LogP contribution in [-0.2, 0) is 4.79 Å². The van der Waals surface area contributed by atoms with Crippen molar-refractivity contribution in [1.82, 2.24) is 5.43 Å². The molecule has 0 atom stereocenters. The van der Waals surface area contributed by atoms with Gasteiger partial charge >= 0.3 is 0 Å². The summed E-state index contributed by atoms with van der Waals surface area (Å²) in [5.74, 6) is 0.350. The molecule has 0 spiro atoms. The molecule has 0 saturated carbocycles. The summed E-state index contributed by atoms with van der Waals surface area (Å²) >= 11 is 0. The van der Waals surface area contributed by atoms with E-state index >= 15 is 0 Å². The van der Waals surface area contributed by atoms with Gasteiger partial charge in [0.2, 0.25) is 0 Å². The second-order valence-electron chi connectivity index (χ2n) is 5.81. The molecule has 0 fully saturated rings. The Morgan fingerprint density at radius 3 is 2.75 bits per heavy atom. The van der Waals surface area contributed by atoms with Crippen LogP contribution in [0.2, 0.25) is 0 Å². The Labute approximate surface area is 141 Å². The topological polar surface area (TPSA) is 50.7 Å². The Kier molecular flexibility index (Phi) is 6.07. The highest BCUT2D eigenvalue weighted by molar-refractivity contribution is 5.82. The normalized spacial score (nSPS) is 11.0. The van der Waals surface area contributed by atoms with Gasteiger partial charge < -0.3 is 4.74 Å². The summed E-state index contributed by atoms with van der Waals surface area (Å²) < 4.78 is 18.5. The fourth-order valence-corrected chi connectivity index (χ4v) is 2.33. The fourth-order valence-electron chi connectivity index (χ4n) is 2.33. The number of carbonyl (C=O) groups excluding carboxylic acids is 1. The van der Waals surface area contributed by atoms with Gasteiger partial charge in [0.1, 0.15) is 11.6 Å². The van der Waals surface area contributed by atoms with Crippen LogP contribution in [0.15, 0.2) is 47.6 Å². The Morgan fingerprint density at radius 2 is 2.08 bits per heavy atom. The van der Waals surface area contributed by atoms with E-state index < -0.39 is 0 Å². The molecule has 0 aromatic heterocycles. The second-order valence-corrected chi connectivity index (χ2v) is 5.81. The highest BCUT2D eigenvalue weighted by atomic mass is 19.1. The van der Waals surface area contributed by atoms with E-state index in [9.17, 15) is 9.18 Å². The lowest BCUT2D eigenvalue weighted by Gasteiger charge is -2.12. The summed E-state index contributed by atoms with van der Waals surface area (Å²) in [6.07, 6.45) is 1.38. The lowest BCUT2D eigenvalue weighted by Crippen LogP contribution is -2.24. The van der Waals surface area contributed by atoms with E-state index in [1.54, 1.807) is 12.1 Å². The number of benzene rings is 2. The zero-order chi connectivity index (χ0) is 17.5. The molecule has 126 valence electrons. The fraction of sp³-hybridized carbons (Fsp3) is 0.263. The van der Waals surface area contributed by atoms with Crippen molar-refractivity contribution in [2.75, 3.05) is 6.61 Å². The molecule has 24 heavy (non-hydrogen) atoms. The second kappa shape index (κ2) is 8.24. The largest absolute Gasteiger partial charge is 0.484 e. The number of hydrazone groups is 1. The van der Waals surface area contributed by atoms with Gasteiger partial charge in [0.25, 0.3) is 5.91 Å². The summed E-state index contributed by atoms with van der Waals surface area (Å²) in [6.45, 7) is 6.15. The van der Waals surface area contributed by atoms with E-state index in [4.69, 9.17) is 4.74 Å². The predicted octanol–water partition coefficient (Wildman–Crippen LogP) is 3.79. The van der Waals surface area contributed by atoms with Gasteiger partial charge in [-0.3, -0.25) is 4.79 Å². The predicted molar refractivity (Wildman–Crippen MR) is 92.9 cm³/mol. The molecule has 4 nitrogen and oxygen atoms in total. The zero-order valence-corrected chi connectivity index (χ0v) is 14.0. The van der Waals surface area contributed by atoms with Crippen molar-refractivity contribution in [2.45, 2.75) is 26.7 Å². The van der Waals surface area contributed by atoms with Gasteiger partial charge in [0.15, 0.2) is 6.61 Å². The molecule has 0 heterocycles. The molecule has 0 radical (unpaired) electrons. The highest BCUT2D eigenvalue weighted by Gasteiger charge is 2.06. The van der Waals surface area contributed by atoms with E-state index in [-0.39, 0.29) is 18.3 Å². The zero-order valence-electron chi connectivity index (χ0n) is 14.0. The standard InChI is InChI=1S/C19H21FN2O2/c1-13(2)18-8-7-17(9-14(18)3)24-12-19(23)22-21-11-15-5-4-6-16(20)10-15/h4-11,13H,12H2,1-3H3,(H,22,23)/b21-11+. The number of rotatable bonds is 6. The van der Waals surface area contributed by atoms with E-state index in [0.717, 1.165) is 5.56 Å². The maximum Gasteiger partial charge on any atom is 0.277 e. The van der Waals surface area contributed by atoms with Crippen LogP contribution in [0.25, 0.3) is 0 Å². The number of halogens is 1. The first-order valence-corrected chi connectivity index (χ1v) is 7.76. The lowest BCUT2D eigenvalue weighted by atomic mass is 9.98. The van der Waals surface area contributed by atoms with Gasteiger partial charge in [-0.25, -0.2) is 9.82 Å². The Morgan fingerprint density at radius 1 is 1.29 bits per heavy atom. The van der Waals surface area contributed by atoms with Crippen LogP contribution < -0.4 is 10.2 Å². The third-order valence-electron chi connectivity index (χ3n) is 3.48. The highest BCUT2D eigenvalue weighted by Crippen LogP contribution is 2.23. The van der Waals surface area contributed by atoms with Gasteiger partial charge in [0, 0.05) is 0 Å². The molecule has 0 bridgehead atoms. The number of hydrogen-bond acceptors (Lipinski definition) is 3. The molecular weight excluding hydrogens is 307 g/mol.